The zero-order chi connectivity index (χ0) is 11.8. The zero-order valence-corrected chi connectivity index (χ0v) is 10.6. The summed E-state index contributed by atoms with van der Waals surface area (Å²) in [6.07, 6.45) is 2.97. The molecule has 16 heavy (non-hydrogen) atoms. The zero-order valence-electron chi connectivity index (χ0n) is 10.6. The summed E-state index contributed by atoms with van der Waals surface area (Å²) in [6.45, 7) is 8.22. The van der Waals surface area contributed by atoms with Crippen molar-refractivity contribution in [2.24, 2.45) is 0 Å². The lowest BCUT2D eigenvalue weighted by molar-refractivity contribution is 0.290. The van der Waals surface area contributed by atoms with Gasteiger partial charge in [0, 0.05) is 11.6 Å². The van der Waals surface area contributed by atoms with Crippen molar-refractivity contribution in [3.63, 3.8) is 0 Å². The second-order valence-corrected chi connectivity index (χ2v) is 5.42. The minimum absolute atomic E-state index is 0.0903. The highest BCUT2D eigenvalue weighted by atomic mass is 16.5. The molecule has 0 radical (unpaired) electrons. The Kier molecular flexibility index (Phi) is 2.93. The predicted molar refractivity (Wildman–Crippen MR) is 63.9 cm³/mol. The van der Waals surface area contributed by atoms with E-state index in [0.29, 0.717) is 6.04 Å². The van der Waals surface area contributed by atoms with Crippen LogP contribution in [0.3, 0.4) is 0 Å². The first-order valence-electron chi connectivity index (χ1n) is 5.88. The molecule has 0 fully saturated rings. The molecule has 1 aliphatic rings. The first kappa shape index (κ1) is 11.5. The van der Waals surface area contributed by atoms with Crippen molar-refractivity contribution in [2.75, 3.05) is 13.7 Å². The summed E-state index contributed by atoms with van der Waals surface area (Å²) in [5.41, 5.74) is 1.29. The van der Waals surface area contributed by atoms with Crippen molar-refractivity contribution in [3.05, 3.63) is 11.8 Å². The van der Waals surface area contributed by atoms with Crippen LogP contribution in [0.2, 0.25) is 0 Å². The van der Waals surface area contributed by atoms with Crippen molar-refractivity contribution in [1.82, 2.24) is 15.1 Å². The van der Waals surface area contributed by atoms with Gasteiger partial charge in [0.25, 0.3) is 0 Å². The van der Waals surface area contributed by atoms with Crippen LogP contribution in [-0.4, -0.2) is 29.5 Å². The molecule has 90 valence electrons. The van der Waals surface area contributed by atoms with Crippen LogP contribution in [0, 0.1) is 0 Å². The fourth-order valence-electron chi connectivity index (χ4n) is 2.00. The Labute approximate surface area is 97.0 Å². The SMILES string of the molecule is CNC1CCOc2c(C(C)(C)C)cnn2C1. The fraction of sp³-hybridized carbons (Fsp3) is 0.750. The number of hydrogen-bond donors (Lipinski definition) is 1. The molecule has 4 nitrogen and oxygen atoms in total. The molecule has 2 heterocycles. The van der Waals surface area contributed by atoms with Crippen LogP contribution < -0.4 is 10.1 Å². The molecule has 0 bridgehead atoms. The Balaban J connectivity index is 2.32. The minimum atomic E-state index is 0.0903. The van der Waals surface area contributed by atoms with Crippen molar-refractivity contribution in [3.8, 4) is 5.88 Å². The molecule has 0 amide bonds. The van der Waals surface area contributed by atoms with Gasteiger partial charge in [0.1, 0.15) is 0 Å². The topological polar surface area (TPSA) is 39.1 Å². The molecule has 0 spiro atoms. The molecule has 2 rings (SSSR count). The van der Waals surface area contributed by atoms with Crippen LogP contribution in [0.1, 0.15) is 32.8 Å². The van der Waals surface area contributed by atoms with Gasteiger partial charge in [-0.3, -0.25) is 0 Å². The predicted octanol–water partition coefficient (Wildman–Crippen LogP) is 1.55. The first-order chi connectivity index (χ1) is 7.52. The van der Waals surface area contributed by atoms with E-state index < -0.39 is 0 Å². The van der Waals surface area contributed by atoms with E-state index in [1.54, 1.807) is 0 Å². The molecule has 1 aromatic heterocycles. The van der Waals surface area contributed by atoms with E-state index in [-0.39, 0.29) is 5.41 Å². The highest BCUT2D eigenvalue weighted by Gasteiger charge is 2.26. The third-order valence-corrected chi connectivity index (χ3v) is 3.11. The molecule has 0 saturated heterocycles. The molecule has 0 aromatic carbocycles. The van der Waals surface area contributed by atoms with Crippen molar-refractivity contribution in [1.29, 1.82) is 0 Å². The van der Waals surface area contributed by atoms with Crippen LogP contribution >= 0.6 is 0 Å². The van der Waals surface area contributed by atoms with Gasteiger partial charge >= 0.3 is 0 Å². The van der Waals surface area contributed by atoms with E-state index in [2.05, 4.69) is 31.2 Å². The molecule has 0 aliphatic carbocycles. The number of nitrogens with one attached hydrogen (secondary N) is 1. The van der Waals surface area contributed by atoms with Crippen molar-refractivity contribution < 1.29 is 4.74 Å². The average molecular weight is 223 g/mol. The smallest absolute Gasteiger partial charge is 0.215 e. The van der Waals surface area contributed by atoms with Gasteiger partial charge in [-0.05, 0) is 18.9 Å². The Morgan fingerprint density at radius 3 is 2.88 bits per heavy atom. The van der Waals surface area contributed by atoms with Gasteiger partial charge in [0.05, 0.1) is 19.3 Å². The maximum Gasteiger partial charge on any atom is 0.215 e. The number of fused-ring (bicyclic) bond motifs is 1. The van der Waals surface area contributed by atoms with Crippen LogP contribution in [0.4, 0.5) is 0 Å². The van der Waals surface area contributed by atoms with E-state index in [9.17, 15) is 0 Å². The number of rotatable bonds is 1. The maximum atomic E-state index is 5.84. The molecule has 1 aromatic rings. The lowest BCUT2D eigenvalue weighted by atomic mass is 9.89. The summed E-state index contributed by atoms with van der Waals surface area (Å²) < 4.78 is 7.82. The second kappa shape index (κ2) is 4.09. The summed E-state index contributed by atoms with van der Waals surface area (Å²) in [5, 5.41) is 7.72. The molecule has 1 atom stereocenters. The number of aromatic nitrogens is 2. The normalized spacial score (nSPS) is 21.1. The fourth-order valence-corrected chi connectivity index (χ4v) is 2.00. The number of nitrogens with zero attached hydrogens (tertiary/aromatic N) is 2. The van der Waals surface area contributed by atoms with Crippen LogP contribution in [0.25, 0.3) is 0 Å². The summed E-state index contributed by atoms with van der Waals surface area (Å²) in [4.78, 5) is 0. The first-order valence-corrected chi connectivity index (χ1v) is 5.88. The standard InChI is InChI=1S/C12H21N3O/c1-12(2,3)10-7-14-15-8-9(13-4)5-6-16-11(10)15/h7,9,13H,5-6,8H2,1-4H3. The molecular weight excluding hydrogens is 202 g/mol. The molecule has 1 aliphatic heterocycles. The van der Waals surface area contributed by atoms with E-state index in [4.69, 9.17) is 4.74 Å². The number of likely N-dealkylation sites (N-methyl/N-ethyl adjacent to an activating group) is 1. The van der Waals surface area contributed by atoms with E-state index in [1.165, 1.54) is 5.56 Å². The Morgan fingerprint density at radius 2 is 2.25 bits per heavy atom. The molecule has 4 heteroatoms. The van der Waals surface area contributed by atoms with Gasteiger partial charge in [-0.25, -0.2) is 4.68 Å². The monoisotopic (exact) mass is 223 g/mol. The summed E-state index contributed by atoms with van der Waals surface area (Å²) in [6, 6.07) is 0.453. The van der Waals surface area contributed by atoms with Gasteiger partial charge in [-0.1, -0.05) is 20.8 Å². The van der Waals surface area contributed by atoms with Gasteiger partial charge in [0.15, 0.2) is 0 Å². The number of ether oxygens (including phenoxy) is 1. The molecule has 0 saturated carbocycles. The molecule has 1 unspecified atom stereocenters. The highest BCUT2D eigenvalue weighted by Crippen LogP contribution is 2.32. The third kappa shape index (κ3) is 2.07. The highest BCUT2D eigenvalue weighted by molar-refractivity contribution is 5.31. The summed E-state index contributed by atoms with van der Waals surface area (Å²) in [7, 11) is 1.99. The number of hydrogen-bond acceptors (Lipinski definition) is 3. The summed E-state index contributed by atoms with van der Waals surface area (Å²) in [5.74, 6) is 0.949. The van der Waals surface area contributed by atoms with Crippen LogP contribution in [-0.2, 0) is 12.0 Å². The van der Waals surface area contributed by atoms with E-state index in [0.717, 1.165) is 25.5 Å². The quantitative estimate of drug-likeness (QED) is 0.785. The Bertz CT molecular complexity index is 365. The Hall–Kier alpha value is -1.03. The molecular formula is C12H21N3O. The van der Waals surface area contributed by atoms with Gasteiger partial charge in [-0.15, -0.1) is 0 Å². The largest absolute Gasteiger partial charge is 0.478 e. The van der Waals surface area contributed by atoms with E-state index >= 15 is 0 Å². The van der Waals surface area contributed by atoms with Gasteiger partial charge in [0.2, 0.25) is 5.88 Å². The van der Waals surface area contributed by atoms with Crippen molar-refractivity contribution >= 4 is 0 Å². The Morgan fingerprint density at radius 1 is 1.50 bits per heavy atom. The summed E-state index contributed by atoms with van der Waals surface area (Å²) >= 11 is 0. The third-order valence-electron chi connectivity index (χ3n) is 3.11. The minimum Gasteiger partial charge on any atom is -0.478 e. The lowest BCUT2D eigenvalue weighted by Crippen LogP contribution is -2.29. The van der Waals surface area contributed by atoms with Crippen LogP contribution in [0.15, 0.2) is 6.20 Å². The van der Waals surface area contributed by atoms with Crippen LogP contribution in [0.5, 0.6) is 5.88 Å². The lowest BCUT2D eigenvalue weighted by Gasteiger charge is -2.18. The van der Waals surface area contributed by atoms with E-state index in [1.807, 2.05) is 17.9 Å². The molecule has 1 N–H and O–H groups in total. The average Bonchev–Trinajstić information content (AvgIpc) is 2.49. The van der Waals surface area contributed by atoms with Crippen molar-refractivity contribution in [2.45, 2.75) is 45.2 Å². The second-order valence-electron chi connectivity index (χ2n) is 5.42. The van der Waals surface area contributed by atoms with Gasteiger partial charge < -0.3 is 10.1 Å². The maximum absolute atomic E-state index is 5.84. The van der Waals surface area contributed by atoms with Gasteiger partial charge in [-0.2, -0.15) is 5.10 Å².